The predicted molar refractivity (Wildman–Crippen MR) is 77.4 cm³/mol. The van der Waals surface area contributed by atoms with Crippen molar-refractivity contribution in [3.05, 3.63) is 0 Å². The number of nitrogens with one attached hydrogen (secondary N) is 2. The third-order valence-corrected chi connectivity index (χ3v) is 3.99. The van der Waals surface area contributed by atoms with Gasteiger partial charge in [-0.1, -0.05) is 0 Å². The largest absolute Gasteiger partial charge is 0.481 e. The molecule has 8 nitrogen and oxygen atoms in total. The molecule has 1 saturated heterocycles. The van der Waals surface area contributed by atoms with Crippen molar-refractivity contribution >= 4 is 22.0 Å². The summed E-state index contributed by atoms with van der Waals surface area (Å²) in [7, 11) is -3.19. The molecule has 0 aromatic rings. The standard InChI is InChI=1S/C12H23N3O5S/c1-21(19,20)14-6-3-5-13-12(18)15-7-2-4-10(9-15)8-11(16)17/h10,14H,2-9H2,1H3,(H,13,18)(H,16,17). The fourth-order valence-electron chi connectivity index (χ4n) is 2.32. The Morgan fingerprint density at radius 3 is 2.67 bits per heavy atom. The molecule has 21 heavy (non-hydrogen) atoms. The lowest BCUT2D eigenvalue weighted by Gasteiger charge is -2.32. The zero-order valence-corrected chi connectivity index (χ0v) is 13.0. The molecule has 122 valence electrons. The van der Waals surface area contributed by atoms with E-state index in [1.165, 1.54) is 0 Å². The fourth-order valence-corrected chi connectivity index (χ4v) is 2.83. The molecule has 1 heterocycles. The van der Waals surface area contributed by atoms with Crippen LogP contribution in [0.25, 0.3) is 0 Å². The molecule has 3 N–H and O–H groups in total. The second kappa shape index (κ2) is 8.18. The zero-order valence-electron chi connectivity index (χ0n) is 12.2. The lowest BCUT2D eigenvalue weighted by molar-refractivity contribution is -0.138. The molecular formula is C12H23N3O5S. The third kappa shape index (κ3) is 7.86. The first-order valence-corrected chi connectivity index (χ1v) is 8.86. The quantitative estimate of drug-likeness (QED) is 0.563. The van der Waals surface area contributed by atoms with Gasteiger partial charge in [-0.3, -0.25) is 4.79 Å². The summed E-state index contributed by atoms with van der Waals surface area (Å²) in [6, 6.07) is -0.218. The lowest BCUT2D eigenvalue weighted by Crippen LogP contribution is -2.46. The number of aliphatic carboxylic acids is 1. The van der Waals surface area contributed by atoms with E-state index in [4.69, 9.17) is 5.11 Å². The summed E-state index contributed by atoms with van der Waals surface area (Å²) in [6.45, 7) is 1.74. The fraction of sp³-hybridized carbons (Fsp3) is 0.833. The van der Waals surface area contributed by atoms with Gasteiger partial charge in [-0.25, -0.2) is 17.9 Å². The Labute approximate surface area is 124 Å². The van der Waals surface area contributed by atoms with E-state index in [1.54, 1.807) is 4.90 Å². The molecule has 0 bridgehead atoms. The minimum absolute atomic E-state index is 0.00824. The Hall–Kier alpha value is -1.35. The van der Waals surface area contributed by atoms with Crippen LogP contribution in [0.15, 0.2) is 0 Å². The van der Waals surface area contributed by atoms with Crippen LogP contribution < -0.4 is 10.0 Å². The first kappa shape index (κ1) is 17.7. The maximum Gasteiger partial charge on any atom is 0.317 e. The van der Waals surface area contributed by atoms with Crippen LogP contribution in [0.5, 0.6) is 0 Å². The monoisotopic (exact) mass is 321 g/mol. The molecule has 0 radical (unpaired) electrons. The molecule has 0 saturated carbocycles. The first-order valence-electron chi connectivity index (χ1n) is 6.97. The summed E-state index contributed by atoms with van der Waals surface area (Å²) in [6.07, 6.45) is 3.31. The number of carbonyl (C=O) groups excluding carboxylic acids is 1. The second-order valence-electron chi connectivity index (χ2n) is 5.30. The molecule has 1 atom stereocenters. The van der Waals surface area contributed by atoms with Crippen molar-refractivity contribution in [2.45, 2.75) is 25.7 Å². The van der Waals surface area contributed by atoms with Gasteiger partial charge in [-0.2, -0.15) is 0 Å². The van der Waals surface area contributed by atoms with Gasteiger partial charge in [0, 0.05) is 32.6 Å². The van der Waals surface area contributed by atoms with E-state index in [0.29, 0.717) is 26.1 Å². The van der Waals surface area contributed by atoms with Crippen LogP contribution in [-0.4, -0.2) is 62.9 Å². The molecule has 2 amide bonds. The number of hydrogen-bond acceptors (Lipinski definition) is 4. The molecule has 1 aliphatic rings. The molecule has 0 aromatic heterocycles. The third-order valence-electron chi connectivity index (χ3n) is 3.26. The summed E-state index contributed by atoms with van der Waals surface area (Å²) >= 11 is 0. The summed E-state index contributed by atoms with van der Waals surface area (Å²) in [5.74, 6) is -0.831. The summed E-state index contributed by atoms with van der Waals surface area (Å²) in [5.41, 5.74) is 0. The van der Waals surface area contributed by atoms with Crippen molar-refractivity contribution in [2.24, 2.45) is 5.92 Å². The Balaban J connectivity index is 2.23. The Morgan fingerprint density at radius 1 is 1.33 bits per heavy atom. The van der Waals surface area contributed by atoms with Crippen LogP contribution >= 0.6 is 0 Å². The normalized spacial score (nSPS) is 19.3. The highest BCUT2D eigenvalue weighted by Gasteiger charge is 2.24. The molecule has 0 spiro atoms. The average Bonchev–Trinajstić information content (AvgIpc) is 2.36. The predicted octanol–water partition coefficient (Wildman–Crippen LogP) is -0.178. The number of nitrogens with zero attached hydrogens (tertiary/aromatic N) is 1. The van der Waals surface area contributed by atoms with Crippen molar-refractivity contribution in [3.8, 4) is 0 Å². The van der Waals surface area contributed by atoms with Crippen LogP contribution in [-0.2, 0) is 14.8 Å². The number of amides is 2. The highest BCUT2D eigenvalue weighted by molar-refractivity contribution is 7.88. The number of rotatable bonds is 7. The molecule has 1 rings (SSSR count). The van der Waals surface area contributed by atoms with Gasteiger partial charge in [0.15, 0.2) is 0 Å². The number of hydrogen-bond donors (Lipinski definition) is 3. The van der Waals surface area contributed by atoms with Gasteiger partial charge >= 0.3 is 12.0 Å². The van der Waals surface area contributed by atoms with E-state index in [9.17, 15) is 18.0 Å². The molecule has 1 aliphatic heterocycles. The molecule has 0 aliphatic carbocycles. The molecule has 9 heteroatoms. The van der Waals surface area contributed by atoms with Crippen molar-refractivity contribution in [1.29, 1.82) is 0 Å². The van der Waals surface area contributed by atoms with Crippen LogP contribution in [0.4, 0.5) is 4.79 Å². The number of carboxylic acids is 1. The Kier molecular flexibility index (Phi) is 6.90. The maximum atomic E-state index is 11.9. The Morgan fingerprint density at radius 2 is 2.05 bits per heavy atom. The first-order chi connectivity index (χ1) is 9.78. The number of sulfonamides is 1. The minimum Gasteiger partial charge on any atom is -0.481 e. The average molecular weight is 321 g/mol. The van der Waals surface area contributed by atoms with E-state index in [2.05, 4.69) is 10.0 Å². The van der Waals surface area contributed by atoms with Crippen LogP contribution in [0.3, 0.4) is 0 Å². The number of likely N-dealkylation sites (tertiary alicyclic amines) is 1. The summed E-state index contributed by atoms with van der Waals surface area (Å²) in [5, 5.41) is 11.5. The lowest BCUT2D eigenvalue weighted by atomic mass is 9.95. The van der Waals surface area contributed by atoms with E-state index in [-0.39, 0.29) is 24.9 Å². The van der Waals surface area contributed by atoms with Gasteiger partial charge < -0.3 is 15.3 Å². The number of carboxylic acid groups (broad SMARTS) is 1. The topological polar surface area (TPSA) is 116 Å². The van der Waals surface area contributed by atoms with Gasteiger partial charge in [0.05, 0.1) is 6.26 Å². The van der Waals surface area contributed by atoms with Gasteiger partial charge in [-0.05, 0) is 25.2 Å². The highest BCUT2D eigenvalue weighted by Crippen LogP contribution is 2.19. The van der Waals surface area contributed by atoms with Gasteiger partial charge in [-0.15, -0.1) is 0 Å². The maximum absolute atomic E-state index is 11.9. The van der Waals surface area contributed by atoms with E-state index >= 15 is 0 Å². The smallest absolute Gasteiger partial charge is 0.317 e. The van der Waals surface area contributed by atoms with Crippen molar-refractivity contribution in [2.75, 3.05) is 32.4 Å². The highest BCUT2D eigenvalue weighted by atomic mass is 32.2. The molecule has 1 unspecified atom stereocenters. The van der Waals surface area contributed by atoms with Crippen molar-refractivity contribution < 1.29 is 23.1 Å². The van der Waals surface area contributed by atoms with E-state index in [0.717, 1.165) is 19.1 Å². The SMILES string of the molecule is CS(=O)(=O)NCCCNC(=O)N1CCCC(CC(=O)O)C1. The van der Waals surface area contributed by atoms with E-state index in [1.807, 2.05) is 0 Å². The second-order valence-corrected chi connectivity index (χ2v) is 7.14. The summed E-state index contributed by atoms with van der Waals surface area (Å²) in [4.78, 5) is 24.2. The zero-order chi connectivity index (χ0) is 15.9. The van der Waals surface area contributed by atoms with Crippen molar-refractivity contribution in [1.82, 2.24) is 14.9 Å². The molecular weight excluding hydrogens is 298 g/mol. The number of urea groups is 1. The van der Waals surface area contributed by atoms with Crippen LogP contribution in [0.1, 0.15) is 25.7 Å². The van der Waals surface area contributed by atoms with Gasteiger partial charge in [0.2, 0.25) is 10.0 Å². The number of carbonyl (C=O) groups is 2. The van der Waals surface area contributed by atoms with Gasteiger partial charge in [0.25, 0.3) is 0 Å². The molecule has 1 fully saturated rings. The van der Waals surface area contributed by atoms with Gasteiger partial charge in [0.1, 0.15) is 0 Å². The van der Waals surface area contributed by atoms with Crippen LogP contribution in [0, 0.1) is 5.92 Å². The van der Waals surface area contributed by atoms with E-state index < -0.39 is 16.0 Å². The molecule has 0 aromatic carbocycles. The Bertz CT molecular complexity index is 466. The van der Waals surface area contributed by atoms with Crippen LogP contribution in [0.2, 0.25) is 0 Å². The van der Waals surface area contributed by atoms with Crippen molar-refractivity contribution in [3.63, 3.8) is 0 Å². The minimum atomic E-state index is -3.19. The number of piperidine rings is 1. The summed E-state index contributed by atoms with van der Waals surface area (Å²) < 4.78 is 24.0.